The molecule has 0 amide bonds. The Balaban J connectivity index is 2.57. The minimum absolute atomic E-state index is 0.110. The average molecular weight is 142 g/mol. The molecule has 3 heteroatoms. The third kappa shape index (κ3) is 1.12. The standard InChI is InChI=1S/C7H10O3/c1-4(2)7-9-5(3)6(8)10-7/h4,7H,3H2,1-2H3/t7-/m1/s1. The highest BCUT2D eigenvalue weighted by atomic mass is 16.7. The van der Waals surface area contributed by atoms with Crippen LogP contribution in [0, 0.1) is 5.92 Å². The molecular weight excluding hydrogens is 132 g/mol. The fourth-order valence-corrected chi connectivity index (χ4v) is 0.656. The molecule has 1 heterocycles. The molecule has 10 heavy (non-hydrogen) atoms. The van der Waals surface area contributed by atoms with Gasteiger partial charge in [-0.3, -0.25) is 0 Å². The first kappa shape index (κ1) is 7.12. The van der Waals surface area contributed by atoms with Gasteiger partial charge in [-0.2, -0.15) is 0 Å². The monoisotopic (exact) mass is 142 g/mol. The first-order valence-electron chi connectivity index (χ1n) is 3.18. The van der Waals surface area contributed by atoms with E-state index in [4.69, 9.17) is 9.47 Å². The van der Waals surface area contributed by atoms with Crippen LogP contribution in [0.15, 0.2) is 12.3 Å². The topological polar surface area (TPSA) is 35.5 Å². The van der Waals surface area contributed by atoms with Crippen molar-refractivity contribution in [1.82, 2.24) is 0 Å². The first-order valence-corrected chi connectivity index (χ1v) is 3.18. The molecule has 0 radical (unpaired) electrons. The van der Waals surface area contributed by atoms with E-state index in [1.54, 1.807) is 0 Å². The zero-order chi connectivity index (χ0) is 7.72. The van der Waals surface area contributed by atoms with Gasteiger partial charge in [-0.05, 0) is 6.58 Å². The highest BCUT2D eigenvalue weighted by molar-refractivity contribution is 5.86. The van der Waals surface area contributed by atoms with E-state index >= 15 is 0 Å². The predicted molar refractivity (Wildman–Crippen MR) is 34.9 cm³/mol. The van der Waals surface area contributed by atoms with Crippen molar-refractivity contribution in [3.05, 3.63) is 12.3 Å². The fourth-order valence-electron chi connectivity index (χ4n) is 0.656. The van der Waals surface area contributed by atoms with Crippen molar-refractivity contribution in [2.75, 3.05) is 0 Å². The normalized spacial score (nSPS) is 24.9. The number of hydrogen-bond donors (Lipinski definition) is 0. The Hall–Kier alpha value is -0.990. The summed E-state index contributed by atoms with van der Waals surface area (Å²) in [5, 5.41) is 0. The SMILES string of the molecule is C=C1O[C@@H](C(C)C)OC1=O. The van der Waals surface area contributed by atoms with Crippen LogP contribution < -0.4 is 0 Å². The minimum atomic E-state index is -0.446. The quantitative estimate of drug-likeness (QED) is 0.405. The number of carbonyl (C=O) groups excluding carboxylic acids is 1. The third-order valence-electron chi connectivity index (χ3n) is 1.25. The molecule has 56 valence electrons. The van der Waals surface area contributed by atoms with Gasteiger partial charge in [0.25, 0.3) is 0 Å². The Morgan fingerprint density at radius 3 is 2.30 bits per heavy atom. The van der Waals surface area contributed by atoms with E-state index in [0.717, 1.165) is 0 Å². The summed E-state index contributed by atoms with van der Waals surface area (Å²) in [5.41, 5.74) is 0. The molecule has 3 nitrogen and oxygen atoms in total. The lowest BCUT2D eigenvalue weighted by molar-refractivity contribution is -0.146. The molecule has 1 saturated heterocycles. The molecule has 0 bridgehead atoms. The first-order chi connectivity index (χ1) is 4.61. The lowest BCUT2D eigenvalue weighted by atomic mass is 10.2. The Kier molecular flexibility index (Phi) is 1.66. The van der Waals surface area contributed by atoms with Crippen molar-refractivity contribution in [3.63, 3.8) is 0 Å². The lowest BCUT2D eigenvalue weighted by Crippen LogP contribution is -2.15. The number of carbonyl (C=O) groups is 1. The Morgan fingerprint density at radius 2 is 2.10 bits per heavy atom. The Bertz CT molecular complexity index is 156. The molecule has 1 aliphatic heterocycles. The van der Waals surface area contributed by atoms with Crippen LogP contribution in [0.3, 0.4) is 0 Å². The van der Waals surface area contributed by atoms with Gasteiger partial charge in [0, 0.05) is 5.92 Å². The van der Waals surface area contributed by atoms with Gasteiger partial charge in [-0.25, -0.2) is 4.79 Å². The highest BCUT2D eigenvalue weighted by Gasteiger charge is 2.30. The van der Waals surface area contributed by atoms with Gasteiger partial charge in [-0.15, -0.1) is 0 Å². The van der Waals surface area contributed by atoms with E-state index in [2.05, 4.69) is 6.58 Å². The third-order valence-corrected chi connectivity index (χ3v) is 1.25. The van der Waals surface area contributed by atoms with Crippen molar-refractivity contribution >= 4 is 5.97 Å². The maximum atomic E-state index is 10.6. The van der Waals surface area contributed by atoms with Crippen LogP contribution in [-0.2, 0) is 14.3 Å². The zero-order valence-electron chi connectivity index (χ0n) is 6.09. The molecule has 0 N–H and O–H groups in total. The average Bonchev–Trinajstić information content (AvgIpc) is 2.13. The molecule has 0 aromatic carbocycles. The van der Waals surface area contributed by atoms with Crippen molar-refractivity contribution < 1.29 is 14.3 Å². The molecule has 0 aromatic heterocycles. The van der Waals surface area contributed by atoms with E-state index in [1.807, 2.05) is 13.8 Å². The van der Waals surface area contributed by atoms with E-state index in [1.165, 1.54) is 0 Å². The summed E-state index contributed by atoms with van der Waals surface area (Å²) in [6.07, 6.45) is -0.431. The van der Waals surface area contributed by atoms with Gasteiger partial charge < -0.3 is 9.47 Å². The summed E-state index contributed by atoms with van der Waals surface area (Å²) in [4.78, 5) is 10.6. The van der Waals surface area contributed by atoms with Gasteiger partial charge in [-0.1, -0.05) is 13.8 Å². The summed E-state index contributed by atoms with van der Waals surface area (Å²) in [5.74, 6) is -0.152. The Morgan fingerprint density at radius 1 is 1.50 bits per heavy atom. The molecular formula is C7H10O3. The van der Waals surface area contributed by atoms with Crippen LogP contribution in [0.1, 0.15) is 13.8 Å². The molecule has 1 fully saturated rings. The van der Waals surface area contributed by atoms with Crippen LogP contribution in [0.2, 0.25) is 0 Å². The van der Waals surface area contributed by atoms with Crippen molar-refractivity contribution in [3.8, 4) is 0 Å². The summed E-state index contributed by atoms with van der Waals surface area (Å²) in [6, 6.07) is 0. The molecule has 0 spiro atoms. The molecule has 0 unspecified atom stereocenters. The van der Waals surface area contributed by atoms with E-state index in [-0.39, 0.29) is 11.7 Å². The minimum Gasteiger partial charge on any atom is -0.447 e. The Labute approximate surface area is 59.6 Å². The molecule has 0 aromatic rings. The lowest BCUT2D eigenvalue weighted by Gasteiger charge is -2.10. The maximum absolute atomic E-state index is 10.6. The van der Waals surface area contributed by atoms with Crippen molar-refractivity contribution in [2.24, 2.45) is 5.92 Å². The van der Waals surface area contributed by atoms with E-state index in [9.17, 15) is 4.79 Å². The number of cyclic esters (lactones) is 1. The molecule has 1 aliphatic rings. The second-order valence-electron chi connectivity index (χ2n) is 2.56. The molecule has 1 rings (SSSR count). The maximum Gasteiger partial charge on any atom is 0.376 e. The summed E-state index contributed by atoms with van der Waals surface area (Å²) in [7, 11) is 0. The van der Waals surface area contributed by atoms with Gasteiger partial charge >= 0.3 is 5.97 Å². The second kappa shape index (κ2) is 2.33. The van der Waals surface area contributed by atoms with Gasteiger partial charge in [0.05, 0.1) is 0 Å². The smallest absolute Gasteiger partial charge is 0.376 e. The number of ether oxygens (including phenoxy) is 2. The van der Waals surface area contributed by atoms with Crippen LogP contribution in [-0.4, -0.2) is 12.3 Å². The number of hydrogen-bond acceptors (Lipinski definition) is 3. The highest BCUT2D eigenvalue weighted by Crippen LogP contribution is 2.20. The molecule has 0 saturated carbocycles. The summed E-state index contributed by atoms with van der Waals surface area (Å²) >= 11 is 0. The second-order valence-corrected chi connectivity index (χ2v) is 2.56. The fraction of sp³-hybridized carbons (Fsp3) is 0.571. The molecule has 0 aliphatic carbocycles. The number of esters is 1. The van der Waals surface area contributed by atoms with Gasteiger partial charge in [0.2, 0.25) is 12.0 Å². The van der Waals surface area contributed by atoms with Crippen molar-refractivity contribution in [1.29, 1.82) is 0 Å². The van der Waals surface area contributed by atoms with Crippen LogP contribution in [0.4, 0.5) is 0 Å². The summed E-state index contributed by atoms with van der Waals surface area (Å²) in [6.45, 7) is 7.20. The largest absolute Gasteiger partial charge is 0.447 e. The van der Waals surface area contributed by atoms with Crippen LogP contribution >= 0.6 is 0 Å². The predicted octanol–water partition coefficient (Wildman–Crippen LogP) is 1.06. The van der Waals surface area contributed by atoms with Gasteiger partial charge in [0.1, 0.15) is 0 Å². The van der Waals surface area contributed by atoms with E-state index < -0.39 is 12.3 Å². The van der Waals surface area contributed by atoms with Crippen molar-refractivity contribution in [2.45, 2.75) is 20.1 Å². The van der Waals surface area contributed by atoms with Gasteiger partial charge in [0.15, 0.2) is 0 Å². The van der Waals surface area contributed by atoms with Crippen LogP contribution in [0.5, 0.6) is 0 Å². The number of rotatable bonds is 1. The molecule has 1 atom stereocenters. The van der Waals surface area contributed by atoms with E-state index in [0.29, 0.717) is 0 Å². The zero-order valence-corrected chi connectivity index (χ0v) is 6.09. The summed E-state index contributed by atoms with van der Waals surface area (Å²) < 4.78 is 9.74. The van der Waals surface area contributed by atoms with Crippen LogP contribution in [0.25, 0.3) is 0 Å².